The van der Waals surface area contributed by atoms with Crippen molar-refractivity contribution in [1.29, 1.82) is 0 Å². The Hall–Kier alpha value is -0.770. The van der Waals surface area contributed by atoms with Gasteiger partial charge in [0.1, 0.15) is 0 Å². The van der Waals surface area contributed by atoms with Gasteiger partial charge < -0.3 is 15.1 Å². The highest BCUT2D eigenvalue weighted by Gasteiger charge is 2.27. The molecule has 1 aliphatic carbocycles. The SMILES string of the molecule is CC1CCCCC1NC1CCN(C(=O)N(C)C)CC1. The molecule has 4 nitrogen and oxygen atoms in total. The van der Waals surface area contributed by atoms with Gasteiger partial charge in [0.25, 0.3) is 0 Å². The van der Waals surface area contributed by atoms with Crippen molar-refractivity contribution in [2.75, 3.05) is 27.2 Å². The van der Waals surface area contributed by atoms with Crippen LogP contribution >= 0.6 is 0 Å². The summed E-state index contributed by atoms with van der Waals surface area (Å²) in [6.45, 7) is 4.17. The molecule has 1 N–H and O–H groups in total. The second kappa shape index (κ2) is 6.60. The van der Waals surface area contributed by atoms with Crippen LogP contribution in [0.15, 0.2) is 0 Å². The van der Waals surface area contributed by atoms with Gasteiger partial charge in [-0.3, -0.25) is 0 Å². The van der Waals surface area contributed by atoms with Crippen LogP contribution in [0.4, 0.5) is 4.79 Å². The zero-order valence-corrected chi connectivity index (χ0v) is 12.7. The summed E-state index contributed by atoms with van der Waals surface area (Å²) < 4.78 is 0. The standard InChI is InChI=1S/C15H29N3O/c1-12-6-4-5-7-14(12)16-13-8-10-18(11-9-13)15(19)17(2)3/h12-14,16H,4-11H2,1-3H3. The Kier molecular flexibility index (Phi) is 5.08. The number of rotatable bonds is 2. The fourth-order valence-corrected chi connectivity index (χ4v) is 3.39. The molecule has 0 aromatic rings. The first kappa shape index (κ1) is 14.6. The maximum Gasteiger partial charge on any atom is 0.319 e. The topological polar surface area (TPSA) is 35.6 Å². The van der Waals surface area contributed by atoms with Crippen LogP contribution < -0.4 is 5.32 Å². The quantitative estimate of drug-likeness (QED) is 0.833. The minimum absolute atomic E-state index is 0.157. The van der Waals surface area contributed by atoms with Gasteiger partial charge in [-0.15, -0.1) is 0 Å². The first-order valence-electron chi connectivity index (χ1n) is 7.80. The summed E-state index contributed by atoms with van der Waals surface area (Å²) in [5, 5.41) is 3.84. The molecule has 2 atom stereocenters. The summed E-state index contributed by atoms with van der Waals surface area (Å²) in [4.78, 5) is 15.5. The van der Waals surface area contributed by atoms with Crippen LogP contribution in [0.5, 0.6) is 0 Å². The van der Waals surface area contributed by atoms with Crippen molar-refractivity contribution in [3.8, 4) is 0 Å². The molecule has 0 bridgehead atoms. The maximum absolute atomic E-state index is 11.9. The van der Waals surface area contributed by atoms with E-state index in [0.717, 1.165) is 31.8 Å². The maximum atomic E-state index is 11.9. The third kappa shape index (κ3) is 3.85. The number of hydrogen-bond acceptors (Lipinski definition) is 2. The van der Waals surface area contributed by atoms with E-state index in [1.165, 1.54) is 25.7 Å². The summed E-state index contributed by atoms with van der Waals surface area (Å²) in [5.74, 6) is 0.815. The largest absolute Gasteiger partial charge is 0.331 e. The number of carbonyl (C=O) groups excluding carboxylic acids is 1. The first-order chi connectivity index (χ1) is 9.08. The van der Waals surface area contributed by atoms with Gasteiger partial charge in [-0.05, 0) is 31.6 Å². The van der Waals surface area contributed by atoms with Crippen molar-refractivity contribution in [2.24, 2.45) is 5.92 Å². The number of urea groups is 1. The summed E-state index contributed by atoms with van der Waals surface area (Å²) in [6, 6.07) is 1.47. The summed E-state index contributed by atoms with van der Waals surface area (Å²) in [5.41, 5.74) is 0. The van der Waals surface area contributed by atoms with Crippen molar-refractivity contribution >= 4 is 6.03 Å². The minimum Gasteiger partial charge on any atom is -0.331 e. The van der Waals surface area contributed by atoms with E-state index in [9.17, 15) is 4.79 Å². The van der Waals surface area contributed by atoms with Gasteiger partial charge in [-0.1, -0.05) is 19.8 Å². The van der Waals surface area contributed by atoms with Crippen molar-refractivity contribution < 1.29 is 4.79 Å². The van der Waals surface area contributed by atoms with Gasteiger partial charge in [0.05, 0.1) is 0 Å². The molecular formula is C15H29N3O. The number of nitrogens with zero attached hydrogens (tertiary/aromatic N) is 2. The number of amides is 2. The van der Waals surface area contributed by atoms with E-state index < -0.39 is 0 Å². The lowest BCUT2D eigenvalue weighted by atomic mass is 9.85. The third-order valence-electron chi connectivity index (χ3n) is 4.71. The van der Waals surface area contributed by atoms with Gasteiger partial charge in [-0.2, -0.15) is 0 Å². The van der Waals surface area contributed by atoms with Crippen molar-refractivity contribution in [3.05, 3.63) is 0 Å². The van der Waals surface area contributed by atoms with E-state index in [2.05, 4.69) is 12.2 Å². The number of nitrogens with one attached hydrogen (secondary N) is 1. The lowest BCUT2D eigenvalue weighted by molar-refractivity contribution is 0.145. The van der Waals surface area contributed by atoms with Crippen LogP contribution in [0.1, 0.15) is 45.4 Å². The number of carbonyl (C=O) groups is 1. The molecule has 0 aromatic heterocycles. The number of likely N-dealkylation sites (tertiary alicyclic amines) is 1. The summed E-state index contributed by atoms with van der Waals surface area (Å²) in [7, 11) is 3.66. The van der Waals surface area contributed by atoms with Crippen LogP contribution in [0.3, 0.4) is 0 Å². The van der Waals surface area contributed by atoms with Gasteiger partial charge in [0, 0.05) is 39.3 Å². The molecule has 19 heavy (non-hydrogen) atoms. The smallest absolute Gasteiger partial charge is 0.319 e. The molecule has 1 saturated carbocycles. The van der Waals surface area contributed by atoms with E-state index in [0.29, 0.717) is 12.1 Å². The molecule has 1 aliphatic heterocycles. The molecule has 2 unspecified atom stereocenters. The molecule has 2 aliphatic rings. The monoisotopic (exact) mass is 267 g/mol. The molecule has 0 radical (unpaired) electrons. The highest BCUT2D eigenvalue weighted by Crippen LogP contribution is 2.25. The van der Waals surface area contributed by atoms with Crippen LogP contribution in [0.25, 0.3) is 0 Å². The second-order valence-electron chi connectivity index (χ2n) is 6.47. The highest BCUT2D eigenvalue weighted by molar-refractivity contribution is 5.73. The zero-order valence-electron chi connectivity index (χ0n) is 12.7. The Labute approximate surface area is 117 Å². The van der Waals surface area contributed by atoms with Crippen LogP contribution in [-0.4, -0.2) is 55.1 Å². The molecule has 4 heteroatoms. The average Bonchev–Trinajstić information content (AvgIpc) is 2.41. The molecular weight excluding hydrogens is 238 g/mol. The van der Waals surface area contributed by atoms with Gasteiger partial charge in [-0.25, -0.2) is 4.79 Å². The fourth-order valence-electron chi connectivity index (χ4n) is 3.39. The average molecular weight is 267 g/mol. The molecule has 0 aromatic carbocycles. The van der Waals surface area contributed by atoms with E-state index in [-0.39, 0.29) is 6.03 Å². The van der Waals surface area contributed by atoms with Crippen LogP contribution in [-0.2, 0) is 0 Å². The van der Waals surface area contributed by atoms with E-state index >= 15 is 0 Å². The Morgan fingerprint density at radius 1 is 1.11 bits per heavy atom. The summed E-state index contributed by atoms with van der Waals surface area (Å²) >= 11 is 0. The predicted octanol–water partition coefficient (Wildman–Crippen LogP) is 2.30. The Morgan fingerprint density at radius 2 is 1.74 bits per heavy atom. The molecule has 2 rings (SSSR count). The van der Waals surface area contributed by atoms with Gasteiger partial charge in [0.15, 0.2) is 0 Å². The lowest BCUT2D eigenvalue weighted by Gasteiger charge is -2.38. The fraction of sp³-hybridized carbons (Fsp3) is 0.933. The van der Waals surface area contributed by atoms with E-state index in [1.54, 1.807) is 4.90 Å². The van der Waals surface area contributed by atoms with Crippen molar-refractivity contribution in [3.63, 3.8) is 0 Å². The lowest BCUT2D eigenvalue weighted by Crippen LogP contribution is -2.51. The molecule has 1 heterocycles. The van der Waals surface area contributed by atoms with Gasteiger partial charge >= 0.3 is 6.03 Å². The van der Waals surface area contributed by atoms with Gasteiger partial charge in [0.2, 0.25) is 0 Å². The molecule has 2 fully saturated rings. The summed E-state index contributed by atoms with van der Waals surface area (Å²) in [6.07, 6.45) is 7.67. The van der Waals surface area contributed by atoms with E-state index in [4.69, 9.17) is 0 Å². The number of hydrogen-bond donors (Lipinski definition) is 1. The van der Waals surface area contributed by atoms with Crippen LogP contribution in [0.2, 0.25) is 0 Å². The zero-order chi connectivity index (χ0) is 13.8. The predicted molar refractivity (Wildman–Crippen MR) is 78.2 cm³/mol. The first-order valence-corrected chi connectivity index (χ1v) is 7.80. The Balaban J connectivity index is 1.75. The second-order valence-corrected chi connectivity index (χ2v) is 6.47. The Bertz CT molecular complexity index is 298. The highest BCUT2D eigenvalue weighted by atomic mass is 16.2. The molecule has 0 spiro atoms. The molecule has 2 amide bonds. The van der Waals surface area contributed by atoms with Crippen LogP contribution in [0, 0.1) is 5.92 Å². The Morgan fingerprint density at radius 3 is 2.32 bits per heavy atom. The van der Waals surface area contributed by atoms with E-state index in [1.807, 2.05) is 19.0 Å². The molecule has 110 valence electrons. The number of piperidine rings is 1. The normalized spacial score (nSPS) is 29.3. The van der Waals surface area contributed by atoms with Crippen molar-refractivity contribution in [1.82, 2.24) is 15.1 Å². The van der Waals surface area contributed by atoms with Crippen molar-refractivity contribution in [2.45, 2.75) is 57.5 Å². The minimum atomic E-state index is 0.157. The third-order valence-corrected chi connectivity index (χ3v) is 4.71. The molecule has 1 saturated heterocycles.